The molecule has 1 aliphatic rings. The SMILES string of the molecule is Cc1ccc(NC(=O)CSc2nc3sc4c(c3c(=O)n2-c2ccccc2)CC(C)(C)OC4)c(C)c1. The molecule has 2 aromatic heterocycles. The maximum atomic E-state index is 13.9. The van der Waals surface area contributed by atoms with E-state index in [2.05, 4.69) is 5.32 Å². The summed E-state index contributed by atoms with van der Waals surface area (Å²) in [6.07, 6.45) is 0.666. The maximum absolute atomic E-state index is 13.9. The van der Waals surface area contributed by atoms with Gasteiger partial charge in [0.25, 0.3) is 5.56 Å². The van der Waals surface area contributed by atoms with Gasteiger partial charge in [-0.05, 0) is 57.0 Å². The largest absolute Gasteiger partial charge is 0.370 e. The van der Waals surface area contributed by atoms with E-state index in [-0.39, 0.29) is 22.8 Å². The lowest BCUT2D eigenvalue weighted by Gasteiger charge is -2.29. The van der Waals surface area contributed by atoms with Crippen LogP contribution in [0.4, 0.5) is 5.69 Å². The van der Waals surface area contributed by atoms with E-state index in [1.807, 2.05) is 76.2 Å². The molecule has 1 aliphatic heterocycles. The molecule has 0 spiro atoms. The predicted octanol–water partition coefficient (Wildman–Crippen LogP) is 5.65. The number of para-hydroxylation sites is 1. The number of aromatic nitrogens is 2. The van der Waals surface area contributed by atoms with Crippen LogP contribution < -0.4 is 10.9 Å². The van der Waals surface area contributed by atoms with Gasteiger partial charge in [0.15, 0.2) is 5.16 Å². The number of aryl methyl sites for hydroxylation is 2. The molecule has 35 heavy (non-hydrogen) atoms. The average molecular weight is 506 g/mol. The predicted molar refractivity (Wildman–Crippen MR) is 143 cm³/mol. The summed E-state index contributed by atoms with van der Waals surface area (Å²) in [4.78, 5) is 33.3. The van der Waals surface area contributed by atoms with Gasteiger partial charge in [0, 0.05) is 17.0 Å². The first kappa shape index (κ1) is 23.8. The summed E-state index contributed by atoms with van der Waals surface area (Å²) < 4.78 is 7.61. The molecule has 1 N–H and O–H groups in total. The number of carbonyl (C=O) groups is 1. The quantitative estimate of drug-likeness (QED) is 0.280. The molecule has 4 aromatic rings. The van der Waals surface area contributed by atoms with Crippen LogP contribution in [0.5, 0.6) is 0 Å². The number of nitrogens with one attached hydrogen (secondary N) is 1. The van der Waals surface area contributed by atoms with Gasteiger partial charge in [-0.25, -0.2) is 4.98 Å². The number of ether oxygens (including phenoxy) is 1. The minimum Gasteiger partial charge on any atom is -0.370 e. The van der Waals surface area contributed by atoms with E-state index in [1.54, 1.807) is 4.57 Å². The summed E-state index contributed by atoms with van der Waals surface area (Å²) in [5.41, 5.74) is 4.28. The van der Waals surface area contributed by atoms with Crippen molar-refractivity contribution < 1.29 is 9.53 Å². The molecule has 0 radical (unpaired) electrons. The van der Waals surface area contributed by atoms with Crippen molar-refractivity contribution in [1.82, 2.24) is 9.55 Å². The normalized spacial score (nSPS) is 14.6. The van der Waals surface area contributed by atoms with Crippen LogP contribution in [0.15, 0.2) is 58.5 Å². The summed E-state index contributed by atoms with van der Waals surface area (Å²) >= 11 is 2.78. The molecule has 1 amide bonds. The number of nitrogens with zero attached hydrogens (tertiary/aromatic N) is 2. The van der Waals surface area contributed by atoms with Crippen molar-refractivity contribution in [2.45, 2.75) is 51.5 Å². The van der Waals surface area contributed by atoms with Gasteiger partial charge < -0.3 is 10.1 Å². The molecule has 6 nitrogen and oxygen atoms in total. The summed E-state index contributed by atoms with van der Waals surface area (Å²) in [5.74, 6) is -0.00388. The Labute approximate surface area is 212 Å². The number of hydrogen-bond acceptors (Lipinski definition) is 6. The highest BCUT2D eigenvalue weighted by Gasteiger charge is 2.31. The molecule has 0 unspecified atom stereocenters. The van der Waals surface area contributed by atoms with Crippen LogP contribution >= 0.6 is 23.1 Å². The summed E-state index contributed by atoms with van der Waals surface area (Å²) in [7, 11) is 0. The Hall–Kier alpha value is -2.94. The molecule has 5 rings (SSSR count). The number of benzene rings is 2. The lowest BCUT2D eigenvalue weighted by molar-refractivity contribution is -0.113. The zero-order valence-corrected chi connectivity index (χ0v) is 21.8. The standard InChI is InChI=1S/C27H27N3O3S2/c1-16-10-11-20(17(2)12-16)28-22(31)15-34-26-29-24-23(19-13-27(3,4)33-14-21(19)35-24)25(32)30(26)18-8-6-5-7-9-18/h5-12H,13-15H2,1-4H3,(H,28,31). The number of amides is 1. The zero-order valence-electron chi connectivity index (χ0n) is 20.2. The Morgan fingerprint density at radius 2 is 1.97 bits per heavy atom. The topological polar surface area (TPSA) is 73.2 Å². The Kier molecular flexibility index (Phi) is 6.29. The second kappa shape index (κ2) is 9.26. The fourth-order valence-corrected chi connectivity index (χ4v) is 6.30. The van der Waals surface area contributed by atoms with Crippen molar-refractivity contribution in [1.29, 1.82) is 0 Å². The number of rotatable bonds is 5. The van der Waals surface area contributed by atoms with Crippen LogP contribution in [0.2, 0.25) is 0 Å². The highest BCUT2D eigenvalue weighted by molar-refractivity contribution is 7.99. The Bertz CT molecular complexity index is 1490. The van der Waals surface area contributed by atoms with Crippen molar-refractivity contribution >= 4 is 44.9 Å². The number of hydrogen-bond donors (Lipinski definition) is 1. The van der Waals surface area contributed by atoms with Gasteiger partial charge >= 0.3 is 0 Å². The maximum Gasteiger partial charge on any atom is 0.267 e. The van der Waals surface area contributed by atoms with Gasteiger partial charge in [-0.3, -0.25) is 14.2 Å². The monoisotopic (exact) mass is 505 g/mol. The third-order valence-electron chi connectivity index (χ3n) is 6.08. The molecule has 180 valence electrons. The molecule has 3 heterocycles. The second-order valence-electron chi connectivity index (χ2n) is 9.43. The fraction of sp³-hybridized carbons (Fsp3) is 0.296. The van der Waals surface area contributed by atoms with Crippen molar-refractivity contribution in [2.24, 2.45) is 0 Å². The van der Waals surface area contributed by atoms with Crippen LogP contribution in [0.3, 0.4) is 0 Å². The van der Waals surface area contributed by atoms with Gasteiger partial charge in [0.2, 0.25) is 5.91 Å². The first-order valence-corrected chi connectivity index (χ1v) is 13.3. The number of carbonyl (C=O) groups excluding carboxylic acids is 1. The highest BCUT2D eigenvalue weighted by Crippen LogP contribution is 2.38. The summed E-state index contributed by atoms with van der Waals surface area (Å²) in [6, 6.07) is 15.4. The van der Waals surface area contributed by atoms with Crippen molar-refractivity contribution in [2.75, 3.05) is 11.1 Å². The lowest BCUT2D eigenvalue weighted by Crippen LogP contribution is -2.32. The molecular weight excluding hydrogens is 478 g/mol. The smallest absolute Gasteiger partial charge is 0.267 e. The first-order chi connectivity index (χ1) is 16.7. The molecule has 0 bridgehead atoms. The number of fused-ring (bicyclic) bond motifs is 3. The van der Waals surface area contributed by atoms with E-state index in [1.165, 1.54) is 23.1 Å². The number of anilines is 1. The molecule has 8 heteroatoms. The van der Waals surface area contributed by atoms with E-state index < -0.39 is 0 Å². The third kappa shape index (κ3) is 4.78. The van der Waals surface area contributed by atoms with E-state index in [9.17, 15) is 9.59 Å². The average Bonchev–Trinajstić information content (AvgIpc) is 3.17. The van der Waals surface area contributed by atoms with Crippen LogP contribution in [-0.4, -0.2) is 26.8 Å². The number of thioether (sulfide) groups is 1. The van der Waals surface area contributed by atoms with Crippen molar-refractivity contribution in [3.05, 3.63) is 80.5 Å². The Balaban J connectivity index is 1.52. The van der Waals surface area contributed by atoms with Gasteiger partial charge in [0.1, 0.15) is 4.83 Å². The third-order valence-corrected chi connectivity index (χ3v) is 8.11. The fourth-order valence-electron chi connectivity index (χ4n) is 4.35. The highest BCUT2D eigenvalue weighted by atomic mass is 32.2. The number of thiophene rings is 1. The van der Waals surface area contributed by atoms with E-state index in [0.29, 0.717) is 28.4 Å². The van der Waals surface area contributed by atoms with Gasteiger partial charge in [-0.1, -0.05) is 47.7 Å². The second-order valence-corrected chi connectivity index (χ2v) is 11.5. The molecular formula is C27H27N3O3S2. The van der Waals surface area contributed by atoms with Crippen molar-refractivity contribution in [3.8, 4) is 5.69 Å². The van der Waals surface area contributed by atoms with Crippen LogP contribution in [0.1, 0.15) is 35.4 Å². The zero-order chi connectivity index (χ0) is 24.7. The first-order valence-electron chi connectivity index (χ1n) is 11.5. The molecule has 0 saturated carbocycles. The van der Waals surface area contributed by atoms with Gasteiger partial charge in [-0.2, -0.15) is 0 Å². The lowest BCUT2D eigenvalue weighted by atomic mass is 9.94. The van der Waals surface area contributed by atoms with Crippen LogP contribution in [-0.2, 0) is 22.6 Å². The Morgan fingerprint density at radius 3 is 2.71 bits per heavy atom. The van der Waals surface area contributed by atoms with E-state index in [0.717, 1.165) is 32.9 Å². The van der Waals surface area contributed by atoms with E-state index in [4.69, 9.17) is 9.72 Å². The van der Waals surface area contributed by atoms with Crippen LogP contribution in [0, 0.1) is 13.8 Å². The summed E-state index contributed by atoms with van der Waals surface area (Å²) in [6.45, 7) is 8.56. The minimum atomic E-state index is -0.329. The molecule has 0 fully saturated rings. The summed E-state index contributed by atoms with van der Waals surface area (Å²) in [5, 5.41) is 4.14. The van der Waals surface area contributed by atoms with Gasteiger partial charge in [-0.15, -0.1) is 11.3 Å². The molecule has 0 aliphatic carbocycles. The van der Waals surface area contributed by atoms with Crippen LogP contribution in [0.25, 0.3) is 15.9 Å². The Morgan fingerprint density at radius 1 is 1.20 bits per heavy atom. The van der Waals surface area contributed by atoms with Crippen molar-refractivity contribution in [3.63, 3.8) is 0 Å². The minimum absolute atomic E-state index is 0.103. The van der Waals surface area contributed by atoms with E-state index >= 15 is 0 Å². The molecule has 0 atom stereocenters. The molecule has 0 saturated heterocycles. The van der Waals surface area contributed by atoms with Gasteiger partial charge in [0.05, 0.1) is 29.0 Å². The molecule has 2 aromatic carbocycles.